The Bertz CT molecular complexity index is 1100. The summed E-state index contributed by atoms with van der Waals surface area (Å²) in [6.45, 7) is 5.17. The average Bonchev–Trinajstić information content (AvgIpc) is 3.24. The van der Waals surface area contributed by atoms with Crippen molar-refractivity contribution in [2.24, 2.45) is 5.92 Å². The number of esters is 1. The highest BCUT2D eigenvalue weighted by molar-refractivity contribution is 9.10. The van der Waals surface area contributed by atoms with Crippen molar-refractivity contribution in [1.82, 2.24) is 14.9 Å². The molecule has 0 radical (unpaired) electrons. The van der Waals surface area contributed by atoms with Gasteiger partial charge in [-0.15, -0.1) is 0 Å². The fourth-order valence-corrected chi connectivity index (χ4v) is 6.74. The number of rotatable bonds is 7. The Morgan fingerprint density at radius 2 is 1.81 bits per heavy atom. The van der Waals surface area contributed by atoms with Crippen LogP contribution < -0.4 is 10.0 Å². The highest BCUT2D eigenvalue weighted by atomic mass is 79.9. The first-order chi connectivity index (χ1) is 17.3. The summed E-state index contributed by atoms with van der Waals surface area (Å²) in [5.41, 5.74) is -0.748. The first-order valence-corrected chi connectivity index (χ1v) is 14.7. The van der Waals surface area contributed by atoms with E-state index in [1.165, 1.54) is 24.1 Å². The smallest absolute Gasteiger partial charge is 0.408 e. The Morgan fingerprint density at radius 3 is 2.41 bits per heavy atom. The van der Waals surface area contributed by atoms with Crippen LogP contribution in [0.3, 0.4) is 0 Å². The molecular weight excluding hydrogens is 566 g/mol. The summed E-state index contributed by atoms with van der Waals surface area (Å²) in [5, 5.41) is 2.74. The van der Waals surface area contributed by atoms with Gasteiger partial charge >= 0.3 is 12.1 Å². The molecule has 0 spiro atoms. The van der Waals surface area contributed by atoms with Gasteiger partial charge in [-0.2, -0.15) is 0 Å². The molecule has 2 aliphatic rings. The lowest BCUT2D eigenvalue weighted by molar-refractivity contribution is -0.152. The zero-order valence-electron chi connectivity index (χ0n) is 21.7. The van der Waals surface area contributed by atoms with Crippen LogP contribution in [0.4, 0.5) is 4.79 Å². The van der Waals surface area contributed by atoms with Crippen LogP contribution in [0.25, 0.3) is 0 Å². The molecule has 0 bridgehead atoms. The lowest BCUT2D eigenvalue weighted by atomic mass is 9.83. The van der Waals surface area contributed by atoms with Crippen molar-refractivity contribution in [3.05, 3.63) is 28.7 Å². The number of amides is 2. The van der Waals surface area contributed by atoms with Gasteiger partial charge in [0.2, 0.25) is 15.9 Å². The van der Waals surface area contributed by atoms with Crippen LogP contribution in [0.2, 0.25) is 0 Å². The van der Waals surface area contributed by atoms with Crippen LogP contribution in [0.15, 0.2) is 33.6 Å². The summed E-state index contributed by atoms with van der Waals surface area (Å²) in [5.74, 6) is -1.21. The maximum atomic E-state index is 13.9. The normalized spacial score (nSPS) is 21.8. The van der Waals surface area contributed by atoms with Crippen LogP contribution in [-0.2, 0) is 29.1 Å². The summed E-state index contributed by atoms with van der Waals surface area (Å²) < 4.78 is 39.6. The first-order valence-electron chi connectivity index (χ1n) is 12.5. The van der Waals surface area contributed by atoms with E-state index in [0.717, 1.165) is 32.1 Å². The van der Waals surface area contributed by atoms with E-state index >= 15 is 0 Å². The zero-order valence-corrected chi connectivity index (χ0v) is 24.1. The second-order valence-electron chi connectivity index (χ2n) is 10.6. The van der Waals surface area contributed by atoms with Gasteiger partial charge in [0.05, 0.1) is 12.0 Å². The molecule has 2 amide bonds. The van der Waals surface area contributed by atoms with Crippen LogP contribution in [0, 0.1) is 5.92 Å². The number of carbonyl (C=O) groups excluding carboxylic acids is 3. The Balaban J connectivity index is 1.84. The Kier molecular flexibility index (Phi) is 9.62. The van der Waals surface area contributed by atoms with Crippen LogP contribution in [-0.4, -0.2) is 68.7 Å². The Labute approximate surface area is 227 Å². The predicted octanol–water partition coefficient (Wildman–Crippen LogP) is 3.34. The van der Waals surface area contributed by atoms with Crippen LogP contribution >= 0.6 is 15.9 Å². The monoisotopic (exact) mass is 601 g/mol. The van der Waals surface area contributed by atoms with Crippen molar-refractivity contribution in [3.63, 3.8) is 0 Å². The highest BCUT2D eigenvalue weighted by Crippen LogP contribution is 2.30. The minimum absolute atomic E-state index is 0.0367. The van der Waals surface area contributed by atoms with Gasteiger partial charge in [0.1, 0.15) is 17.7 Å². The van der Waals surface area contributed by atoms with Gasteiger partial charge in [0.25, 0.3) is 0 Å². The standard InChI is InChI=1S/C25H36BrN3O7S/c1-25(2,3)36-24(32)27-21(16-9-6-5-7-10-16)22(30)29-15-18(14-20(29)23(31)35-4)28-37(33,34)19-12-8-11-17(26)13-19/h8,11-13,16,18,20-21,28H,5-7,9-10,14-15H2,1-4H3,(H,27,32). The number of hydrogen-bond acceptors (Lipinski definition) is 7. The molecular formula is C25H36BrN3O7S. The number of hydrogen-bond donors (Lipinski definition) is 2. The quantitative estimate of drug-likeness (QED) is 0.458. The van der Waals surface area contributed by atoms with Crippen molar-refractivity contribution < 1.29 is 32.3 Å². The van der Waals surface area contributed by atoms with Crippen LogP contribution in [0.5, 0.6) is 0 Å². The second-order valence-corrected chi connectivity index (χ2v) is 13.2. The third-order valence-electron chi connectivity index (χ3n) is 6.55. The van der Waals surface area contributed by atoms with E-state index in [0.29, 0.717) is 4.47 Å². The first kappa shape index (κ1) is 29.4. The van der Waals surface area contributed by atoms with E-state index in [9.17, 15) is 22.8 Å². The number of alkyl carbamates (subject to hydrolysis) is 1. The number of likely N-dealkylation sites (tertiary alicyclic amines) is 1. The molecule has 1 aromatic rings. The number of halogens is 1. The average molecular weight is 603 g/mol. The maximum absolute atomic E-state index is 13.9. The van der Waals surface area contributed by atoms with Crippen molar-refractivity contribution in [2.45, 2.75) is 87.9 Å². The van der Waals surface area contributed by atoms with E-state index in [4.69, 9.17) is 9.47 Å². The van der Waals surface area contributed by atoms with Crippen molar-refractivity contribution >= 4 is 43.9 Å². The molecule has 1 aliphatic heterocycles. The van der Waals surface area contributed by atoms with E-state index in [1.807, 2.05) is 0 Å². The molecule has 37 heavy (non-hydrogen) atoms. The fraction of sp³-hybridized carbons (Fsp3) is 0.640. The minimum Gasteiger partial charge on any atom is -0.467 e. The molecule has 1 saturated carbocycles. The topological polar surface area (TPSA) is 131 Å². The molecule has 12 heteroatoms. The molecule has 206 valence electrons. The summed E-state index contributed by atoms with van der Waals surface area (Å²) in [7, 11) is -2.69. The Morgan fingerprint density at radius 1 is 1.14 bits per heavy atom. The number of sulfonamides is 1. The minimum atomic E-state index is -3.91. The van der Waals surface area contributed by atoms with E-state index in [2.05, 4.69) is 26.0 Å². The predicted molar refractivity (Wildman–Crippen MR) is 140 cm³/mol. The van der Waals surface area contributed by atoms with Crippen molar-refractivity contribution in [3.8, 4) is 0 Å². The molecule has 3 unspecified atom stereocenters. The van der Waals surface area contributed by atoms with Gasteiger partial charge in [-0.1, -0.05) is 41.3 Å². The van der Waals surface area contributed by atoms with Gasteiger partial charge in [-0.05, 0) is 64.2 Å². The molecule has 1 saturated heterocycles. The molecule has 3 rings (SSSR count). The number of nitrogens with zero attached hydrogens (tertiary/aromatic N) is 1. The SMILES string of the molecule is COC(=O)C1CC(NS(=O)(=O)c2cccc(Br)c2)CN1C(=O)C(NC(=O)OC(C)(C)C)C1CCCCC1. The molecule has 10 nitrogen and oxygen atoms in total. The number of methoxy groups -OCH3 is 1. The van der Waals surface area contributed by atoms with Crippen molar-refractivity contribution in [1.29, 1.82) is 0 Å². The van der Waals surface area contributed by atoms with Gasteiger partial charge in [-0.3, -0.25) is 4.79 Å². The maximum Gasteiger partial charge on any atom is 0.408 e. The summed E-state index contributed by atoms with van der Waals surface area (Å²) >= 11 is 3.27. The number of ether oxygens (including phenoxy) is 2. The van der Waals surface area contributed by atoms with Gasteiger partial charge < -0.3 is 19.7 Å². The molecule has 0 aromatic heterocycles. The van der Waals surface area contributed by atoms with Gasteiger partial charge in [-0.25, -0.2) is 22.7 Å². The molecule has 3 atom stereocenters. The number of nitrogens with one attached hydrogen (secondary N) is 2. The molecule has 1 heterocycles. The molecule has 1 aromatic carbocycles. The highest BCUT2D eigenvalue weighted by Gasteiger charge is 2.45. The number of carbonyl (C=O) groups is 3. The largest absolute Gasteiger partial charge is 0.467 e. The van der Waals surface area contributed by atoms with Gasteiger partial charge in [0, 0.05) is 17.1 Å². The van der Waals surface area contributed by atoms with Crippen molar-refractivity contribution in [2.75, 3.05) is 13.7 Å². The second kappa shape index (κ2) is 12.1. The summed E-state index contributed by atoms with van der Waals surface area (Å²) in [4.78, 5) is 40.6. The zero-order chi connectivity index (χ0) is 27.4. The third-order valence-corrected chi connectivity index (χ3v) is 8.56. The number of benzene rings is 1. The van der Waals surface area contributed by atoms with E-state index < -0.39 is 51.7 Å². The molecule has 1 aliphatic carbocycles. The van der Waals surface area contributed by atoms with E-state index in [1.54, 1.807) is 32.9 Å². The summed E-state index contributed by atoms with van der Waals surface area (Å²) in [6, 6.07) is 3.66. The lowest BCUT2D eigenvalue weighted by Gasteiger charge is -2.34. The fourth-order valence-electron chi connectivity index (χ4n) is 4.91. The lowest BCUT2D eigenvalue weighted by Crippen LogP contribution is -2.56. The molecule has 2 fully saturated rings. The third kappa shape index (κ3) is 7.90. The van der Waals surface area contributed by atoms with Crippen LogP contribution in [0.1, 0.15) is 59.3 Å². The van der Waals surface area contributed by atoms with E-state index in [-0.39, 0.29) is 23.8 Å². The van der Waals surface area contributed by atoms with Gasteiger partial charge in [0.15, 0.2) is 0 Å². The Hall–Kier alpha value is -2.18. The molecule has 2 N–H and O–H groups in total. The summed E-state index contributed by atoms with van der Waals surface area (Å²) in [6.07, 6.45) is 3.76.